The molecule has 4 heteroatoms. The molecule has 8 aromatic rings. The quantitative estimate of drug-likeness (QED) is 0.106. The second kappa shape index (κ2) is 17.9. The first-order valence-corrected chi connectivity index (χ1v) is 29.8. The molecule has 10 rings (SSSR count). The van der Waals surface area contributed by atoms with Crippen molar-refractivity contribution in [2.75, 3.05) is 0 Å². The molecule has 0 heterocycles. The Bertz CT molecular complexity index is 2950. The van der Waals surface area contributed by atoms with Gasteiger partial charge in [-0.3, -0.25) is 0 Å². The van der Waals surface area contributed by atoms with Gasteiger partial charge in [-0.05, 0) is 0 Å². The summed E-state index contributed by atoms with van der Waals surface area (Å²) in [6.45, 7) is 16.9. The van der Waals surface area contributed by atoms with Crippen molar-refractivity contribution in [3.8, 4) is 22.3 Å². The van der Waals surface area contributed by atoms with Crippen LogP contribution in [0, 0.1) is 0 Å². The van der Waals surface area contributed by atoms with Gasteiger partial charge < -0.3 is 24.8 Å². The monoisotopic (exact) mass is 952 g/mol. The number of fused-ring (bicyclic) bond motifs is 7. The zero-order valence-corrected chi connectivity index (χ0v) is 42.7. The third-order valence-corrected chi connectivity index (χ3v) is 27.6. The molecule has 2 atom stereocenters. The van der Waals surface area contributed by atoms with Crippen LogP contribution in [0.2, 0.25) is 0 Å². The molecule has 0 aliphatic heterocycles. The van der Waals surface area contributed by atoms with Crippen molar-refractivity contribution < 1.29 is 47.2 Å². The van der Waals surface area contributed by atoms with Gasteiger partial charge in [0.25, 0.3) is 0 Å². The molecule has 0 saturated heterocycles. The smallest absolute Gasteiger partial charge is 1.00 e. The fourth-order valence-electron chi connectivity index (χ4n) is 10.7. The summed E-state index contributed by atoms with van der Waals surface area (Å²) in [6.07, 6.45) is 4.84. The maximum Gasteiger partial charge on any atom is -1.00 e. The maximum atomic E-state index is 2.65. The van der Waals surface area contributed by atoms with Crippen molar-refractivity contribution in [2.24, 2.45) is 0 Å². The molecule has 0 spiro atoms. The summed E-state index contributed by atoms with van der Waals surface area (Å²) in [5.74, 6) is -1.32. The summed E-state index contributed by atoms with van der Waals surface area (Å²) < 4.78 is 0.449. The van der Waals surface area contributed by atoms with Crippen LogP contribution >= 0.6 is 0 Å². The molecule has 0 aromatic heterocycles. The van der Waals surface area contributed by atoms with Gasteiger partial charge in [0.2, 0.25) is 0 Å². The molecular formula is C59H56Cl2SiZr. The van der Waals surface area contributed by atoms with E-state index in [-0.39, 0.29) is 41.6 Å². The average molecular weight is 955 g/mol. The van der Waals surface area contributed by atoms with Gasteiger partial charge in [-0.15, -0.1) is 0 Å². The normalized spacial score (nSPS) is 15.3. The van der Waals surface area contributed by atoms with Crippen molar-refractivity contribution in [3.63, 3.8) is 0 Å². The van der Waals surface area contributed by atoms with Crippen LogP contribution in [0.5, 0.6) is 0 Å². The molecule has 314 valence electrons. The Labute approximate surface area is 400 Å². The summed E-state index contributed by atoms with van der Waals surface area (Å²) in [6, 6.07) is 63.7. The topological polar surface area (TPSA) is 0 Å². The van der Waals surface area contributed by atoms with Crippen molar-refractivity contribution in [3.05, 3.63) is 208 Å². The molecule has 0 amide bonds. The number of hydrogen-bond acceptors (Lipinski definition) is 0. The molecule has 2 aliphatic rings. The Balaban J connectivity index is 0.00000272. The molecule has 2 aliphatic carbocycles. The third kappa shape index (κ3) is 8.10. The summed E-state index contributed by atoms with van der Waals surface area (Å²) in [4.78, 5) is 0. The molecule has 2 unspecified atom stereocenters. The molecule has 0 saturated carbocycles. The summed E-state index contributed by atoms with van der Waals surface area (Å²) in [5, 5.41) is 8.47. The van der Waals surface area contributed by atoms with Gasteiger partial charge in [0.05, 0.1) is 0 Å². The molecule has 8 aromatic carbocycles. The standard InChI is InChI=1S/C47H45.C12H11Si.2ClH.Zr/c1-8-14-30-27-41-37(40-26-29-15-9-10-16-33(29)35-17-11-12-18-36(35)40)19-13-20-39(41)44(30)45-42-28-31-25-32(46(2,3)4)21-22-34(31)38(42)23-24-43(45)47(5,6)7;1-3-7-11(8-4-1)13-12-9-5-2-6-10-12;;;/h9-13,15-28,44H,8,14H2,1-7H3;1-10,13H;2*1H;/q;;;;+2/p-2. The van der Waals surface area contributed by atoms with Gasteiger partial charge in [0, 0.05) is 0 Å². The van der Waals surface area contributed by atoms with E-state index in [9.17, 15) is 0 Å². The predicted octanol–water partition coefficient (Wildman–Crippen LogP) is 8.28. The molecule has 63 heavy (non-hydrogen) atoms. The van der Waals surface area contributed by atoms with Crippen LogP contribution in [0.1, 0.15) is 110 Å². The third-order valence-electron chi connectivity index (χ3n) is 13.5. The summed E-state index contributed by atoms with van der Waals surface area (Å²) >= 11 is -1.18. The number of rotatable bonds is 8. The number of halogens is 2. The van der Waals surface area contributed by atoms with Crippen LogP contribution in [0.3, 0.4) is 0 Å². The van der Waals surface area contributed by atoms with E-state index in [0.717, 1.165) is 12.8 Å². The van der Waals surface area contributed by atoms with Gasteiger partial charge >= 0.3 is 372 Å². The minimum Gasteiger partial charge on any atom is -1.00 e. The predicted molar refractivity (Wildman–Crippen MR) is 262 cm³/mol. The van der Waals surface area contributed by atoms with E-state index < -0.39 is 28.3 Å². The minimum absolute atomic E-state index is 0. The van der Waals surface area contributed by atoms with Gasteiger partial charge in [-0.2, -0.15) is 0 Å². The minimum atomic E-state index is -1.53. The second-order valence-corrected chi connectivity index (χ2v) is 30.2. The van der Waals surface area contributed by atoms with Crippen LogP contribution in [-0.4, -0.2) is 5.92 Å². The Morgan fingerprint density at radius 2 is 1.13 bits per heavy atom. The molecule has 0 bridgehead atoms. The Morgan fingerprint density at radius 1 is 0.508 bits per heavy atom. The molecule has 0 fully saturated rings. The van der Waals surface area contributed by atoms with Crippen molar-refractivity contribution >= 4 is 43.9 Å². The zero-order valence-electron chi connectivity index (χ0n) is 37.6. The SMILES string of the molecule is CCCC1=Cc2c(-c3cc4ccccc4c4ccccc34)cccc2C1c1c(C(C)(C)C)ccc2c1[CH]([Zr+2][SiH](c1ccccc1)c1ccccc1)c1cc(C(C)(C)C)ccc1-2.[Cl-].[Cl-]. The van der Waals surface area contributed by atoms with E-state index in [0.29, 0.717) is 3.63 Å². The zero-order chi connectivity index (χ0) is 42.0. The fraction of sp³-hybridized carbons (Fsp3) is 0.220. The maximum absolute atomic E-state index is 2.65. The number of hydrogen-bond donors (Lipinski definition) is 0. The second-order valence-electron chi connectivity index (χ2n) is 19.5. The largest absolute Gasteiger partial charge is 1.00 e. The fourth-order valence-corrected chi connectivity index (χ4v) is 25.4. The summed E-state index contributed by atoms with van der Waals surface area (Å²) in [5.41, 5.74) is 18.0. The van der Waals surface area contributed by atoms with Crippen molar-refractivity contribution in [2.45, 2.75) is 81.7 Å². The number of allylic oxidation sites excluding steroid dienone is 1. The molecular weight excluding hydrogens is 899 g/mol. The van der Waals surface area contributed by atoms with E-state index in [1.54, 1.807) is 32.6 Å². The Hall–Kier alpha value is -4.30. The van der Waals surface area contributed by atoms with E-state index in [4.69, 9.17) is 0 Å². The van der Waals surface area contributed by atoms with E-state index in [1.807, 2.05) is 0 Å². The van der Waals surface area contributed by atoms with E-state index in [1.165, 1.54) is 66.1 Å². The molecule has 0 radical (unpaired) electrons. The van der Waals surface area contributed by atoms with Crippen LogP contribution in [0.25, 0.3) is 49.9 Å². The van der Waals surface area contributed by atoms with Gasteiger partial charge in [0.1, 0.15) is 0 Å². The van der Waals surface area contributed by atoms with Crippen LogP contribution in [0.4, 0.5) is 0 Å². The van der Waals surface area contributed by atoms with Gasteiger partial charge in [-0.25, -0.2) is 0 Å². The van der Waals surface area contributed by atoms with Crippen LogP contribution in [0.15, 0.2) is 169 Å². The summed E-state index contributed by atoms with van der Waals surface area (Å²) in [7, 11) is 0. The van der Waals surface area contributed by atoms with Gasteiger partial charge in [0.15, 0.2) is 0 Å². The van der Waals surface area contributed by atoms with Crippen LogP contribution < -0.4 is 35.2 Å². The molecule has 0 nitrogen and oxygen atoms in total. The van der Waals surface area contributed by atoms with Crippen LogP contribution in [-0.2, 0) is 33.2 Å². The van der Waals surface area contributed by atoms with Crippen molar-refractivity contribution in [1.29, 1.82) is 0 Å². The van der Waals surface area contributed by atoms with Gasteiger partial charge in [-0.1, -0.05) is 6.07 Å². The Morgan fingerprint density at radius 3 is 1.78 bits per heavy atom. The first-order chi connectivity index (χ1) is 29.5. The van der Waals surface area contributed by atoms with E-state index >= 15 is 0 Å². The average Bonchev–Trinajstić information content (AvgIpc) is 3.79. The first-order valence-electron chi connectivity index (χ1n) is 22.4. The van der Waals surface area contributed by atoms with E-state index in [2.05, 4.69) is 218 Å². The first kappa shape index (κ1) is 45.3. The Kier molecular flexibility index (Phi) is 12.9. The van der Waals surface area contributed by atoms with Crippen molar-refractivity contribution in [1.82, 2.24) is 0 Å². The number of benzene rings is 8. The molecule has 0 N–H and O–H groups in total.